The van der Waals surface area contributed by atoms with Crippen LogP contribution in [0.5, 0.6) is 0 Å². The van der Waals surface area contributed by atoms with Gasteiger partial charge in [0.05, 0.1) is 13.2 Å². The van der Waals surface area contributed by atoms with Gasteiger partial charge in [-0.3, -0.25) is 4.57 Å². The number of hydrogen-bond acceptors (Lipinski definition) is 4. The van der Waals surface area contributed by atoms with Gasteiger partial charge in [0.1, 0.15) is 0 Å². The zero-order chi connectivity index (χ0) is 13.0. The van der Waals surface area contributed by atoms with Gasteiger partial charge in [0, 0.05) is 12.2 Å². The standard InChI is InChI=1S/C7H17O3P.C3H4O2/c1-4-7-11(8,9-5-2)10-6-3;1-2-3(4)5/h4-7H2,1-3H3;2H,1H2,(H,4,5). The molecule has 0 aromatic carbocycles. The third-order valence-corrected chi connectivity index (χ3v) is 3.62. The Balaban J connectivity index is 0. The van der Waals surface area contributed by atoms with Crippen molar-refractivity contribution in [3.8, 4) is 0 Å². The third kappa shape index (κ3) is 11.4. The van der Waals surface area contributed by atoms with Gasteiger partial charge in [0.2, 0.25) is 0 Å². The van der Waals surface area contributed by atoms with Crippen molar-refractivity contribution in [2.45, 2.75) is 27.2 Å². The van der Waals surface area contributed by atoms with Crippen molar-refractivity contribution in [1.82, 2.24) is 0 Å². The van der Waals surface area contributed by atoms with E-state index in [2.05, 4.69) is 6.58 Å². The molecule has 0 aliphatic heterocycles. The van der Waals surface area contributed by atoms with E-state index in [0.29, 0.717) is 19.4 Å². The van der Waals surface area contributed by atoms with Gasteiger partial charge < -0.3 is 14.2 Å². The van der Waals surface area contributed by atoms with E-state index in [4.69, 9.17) is 14.2 Å². The molecule has 0 bridgehead atoms. The summed E-state index contributed by atoms with van der Waals surface area (Å²) in [6, 6.07) is 0. The number of aliphatic carboxylic acids is 1. The second kappa shape index (κ2) is 10.9. The lowest BCUT2D eigenvalue weighted by molar-refractivity contribution is -0.131. The Hall–Kier alpha value is -0.640. The highest BCUT2D eigenvalue weighted by molar-refractivity contribution is 7.53. The molecule has 0 aromatic rings. The molecule has 0 aliphatic carbocycles. The Morgan fingerprint density at radius 3 is 1.88 bits per heavy atom. The molecule has 0 saturated heterocycles. The molecule has 0 saturated carbocycles. The Morgan fingerprint density at radius 1 is 1.31 bits per heavy atom. The van der Waals surface area contributed by atoms with E-state index >= 15 is 0 Å². The molecular formula is C10H21O5P. The first-order valence-corrected chi connectivity index (χ1v) is 6.92. The molecular weight excluding hydrogens is 231 g/mol. The molecule has 0 atom stereocenters. The van der Waals surface area contributed by atoms with Crippen molar-refractivity contribution in [3.63, 3.8) is 0 Å². The van der Waals surface area contributed by atoms with E-state index in [1.54, 1.807) is 0 Å². The molecule has 0 unspecified atom stereocenters. The SMILES string of the molecule is C=CC(=O)O.CCCP(=O)(OCC)OCC. The molecule has 1 N–H and O–H groups in total. The summed E-state index contributed by atoms with van der Waals surface area (Å²) in [5.74, 6) is -0.981. The molecule has 0 aromatic heterocycles. The van der Waals surface area contributed by atoms with Crippen molar-refractivity contribution < 1.29 is 23.5 Å². The van der Waals surface area contributed by atoms with Gasteiger partial charge in [-0.15, -0.1) is 0 Å². The number of carbonyl (C=O) groups is 1. The van der Waals surface area contributed by atoms with Crippen LogP contribution in [0.1, 0.15) is 27.2 Å². The predicted octanol–water partition coefficient (Wildman–Crippen LogP) is 2.92. The Labute approximate surface area is 97.0 Å². The van der Waals surface area contributed by atoms with Crippen LogP contribution < -0.4 is 0 Å². The molecule has 0 spiro atoms. The van der Waals surface area contributed by atoms with E-state index in [-0.39, 0.29) is 0 Å². The Morgan fingerprint density at radius 2 is 1.69 bits per heavy atom. The van der Waals surface area contributed by atoms with Crippen LogP contribution in [0.15, 0.2) is 12.7 Å². The van der Waals surface area contributed by atoms with Gasteiger partial charge in [0.25, 0.3) is 0 Å². The van der Waals surface area contributed by atoms with Gasteiger partial charge in [-0.1, -0.05) is 13.5 Å². The van der Waals surface area contributed by atoms with Gasteiger partial charge in [0.15, 0.2) is 0 Å². The summed E-state index contributed by atoms with van der Waals surface area (Å²) in [4.78, 5) is 9.25. The quantitative estimate of drug-likeness (QED) is 0.557. The first kappa shape index (κ1) is 17.7. The first-order chi connectivity index (χ1) is 7.45. The topological polar surface area (TPSA) is 72.8 Å². The van der Waals surface area contributed by atoms with Crippen LogP contribution in [0.2, 0.25) is 0 Å². The molecule has 0 aliphatic rings. The zero-order valence-electron chi connectivity index (χ0n) is 10.1. The normalized spacial score (nSPS) is 10.2. The lowest BCUT2D eigenvalue weighted by Gasteiger charge is -2.15. The first-order valence-electron chi connectivity index (χ1n) is 5.19. The van der Waals surface area contributed by atoms with Crippen LogP contribution in [0.25, 0.3) is 0 Å². The van der Waals surface area contributed by atoms with E-state index in [1.165, 1.54) is 0 Å². The Kier molecular flexibility index (Phi) is 12.0. The van der Waals surface area contributed by atoms with Crippen LogP contribution in [0.4, 0.5) is 0 Å². The minimum atomic E-state index is -2.72. The molecule has 16 heavy (non-hydrogen) atoms. The van der Waals surface area contributed by atoms with Crippen LogP contribution in [-0.4, -0.2) is 30.5 Å². The fraction of sp³-hybridized carbons (Fsp3) is 0.700. The highest BCUT2D eigenvalue weighted by atomic mass is 31.2. The summed E-state index contributed by atoms with van der Waals surface area (Å²) >= 11 is 0. The molecule has 6 heteroatoms. The van der Waals surface area contributed by atoms with E-state index in [9.17, 15) is 9.36 Å². The van der Waals surface area contributed by atoms with Crippen molar-refractivity contribution in [2.75, 3.05) is 19.4 Å². The van der Waals surface area contributed by atoms with Crippen LogP contribution in [-0.2, 0) is 18.4 Å². The highest BCUT2D eigenvalue weighted by Gasteiger charge is 2.21. The summed E-state index contributed by atoms with van der Waals surface area (Å²) in [6.45, 7) is 9.48. The maximum absolute atomic E-state index is 11.6. The van der Waals surface area contributed by atoms with E-state index in [1.807, 2.05) is 20.8 Å². The molecule has 5 nitrogen and oxygen atoms in total. The van der Waals surface area contributed by atoms with Gasteiger partial charge >= 0.3 is 13.6 Å². The molecule has 0 radical (unpaired) electrons. The maximum atomic E-state index is 11.6. The third-order valence-electron chi connectivity index (χ3n) is 1.32. The average molecular weight is 252 g/mol. The number of carboxylic acids is 1. The van der Waals surface area contributed by atoms with Crippen molar-refractivity contribution in [1.29, 1.82) is 0 Å². The zero-order valence-corrected chi connectivity index (χ0v) is 11.0. The summed E-state index contributed by atoms with van der Waals surface area (Å²) in [5.41, 5.74) is 0. The summed E-state index contributed by atoms with van der Waals surface area (Å²) < 4.78 is 21.7. The number of rotatable bonds is 7. The van der Waals surface area contributed by atoms with Gasteiger partial charge in [-0.25, -0.2) is 4.79 Å². The predicted molar refractivity (Wildman–Crippen MR) is 63.8 cm³/mol. The van der Waals surface area contributed by atoms with Gasteiger partial charge in [-0.05, 0) is 20.3 Å². The van der Waals surface area contributed by atoms with Crippen LogP contribution >= 0.6 is 7.60 Å². The van der Waals surface area contributed by atoms with Crippen molar-refractivity contribution in [3.05, 3.63) is 12.7 Å². The summed E-state index contributed by atoms with van der Waals surface area (Å²) in [7, 11) is -2.72. The molecule has 0 fully saturated rings. The summed E-state index contributed by atoms with van der Waals surface area (Å²) in [6.07, 6.45) is 2.19. The molecule has 0 amide bonds. The number of hydrogen-bond donors (Lipinski definition) is 1. The lowest BCUT2D eigenvalue weighted by atomic mass is 10.6. The second-order valence-corrected chi connectivity index (χ2v) is 4.90. The minimum absolute atomic E-state index is 0.456. The second-order valence-electron chi connectivity index (χ2n) is 2.71. The van der Waals surface area contributed by atoms with Crippen LogP contribution in [0, 0.1) is 0 Å². The minimum Gasteiger partial charge on any atom is -0.478 e. The lowest BCUT2D eigenvalue weighted by Crippen LogP contribution is -1.98. The van der Waals surface area contributed by atoms with Crippen molar-refractivity contribution in [2.24, 2.45) is 0 Å². The largest absolute Gasteiger partial charge is 0.478 e. The monoisotopic (exact) mass is 252 g/mol. The average Bonchev–Trinajstić information content (AvgIpc) is 2.19. The van der Waals surface area contributed by atoms with E-state index < -0.39 is 13.6 Å². The molecule has 0 heterocycles. The van der Waals surface area contributed by atoms with Crippen LogP contribution in [0.3, 0.4) is 0 Å². The van der Waals surface area contributed by atoms with Crippen molar-refractivity contribution >= 4 is 13.6 Å². The van der Waals surface area contributed by atoms with E-state index in [0.717, 1.165) is 12.5 Å². The van der Waals surface area contributed by atoms with Gasteiger partial charge in [-0.2, -0.15) is 0 Å². The maximum Gasteiger partial charge on any atom is 0.330 e. The fourth-order valence-corrected chi connectivity index (χ4v) is 2.50. The molecule has 96 valence electrons. The highest BCUT2D eigenvalue weighted by Crippen LogP contribution is 2.48. The Bertz CT molecular complexity index is 216. The fourth-order valence-electron chi connectivity index (χ4n) is 0.834. The molecule has 0 rings (SSSR count). The smallest absolute Gasteiger partial charge is 0.330 e. The summed E-state index contributed by atoms with van der Waals surface area (Å²) in [5, 5.41) is 7.60. The number of carboxylic acid groups (broad SMARTS) is 1.